The second-order valence-electron chi connectivity index (χ2n) is 5.32. The molecule has 1 aliphatic rings. The van der Waals surface area contributed by atoms with Crippen LogP contribution in [-0.2, 0) is 4.79 Å². The lowest BCUT2D eigenvalue weighted by Crippen LogP contribution is -2.30. The molecule has 0 aliphatic heterocycles. The highest BCUT2D eigenvalue weighted by Gasteiger charge is 2.53. The molecule has 116 valence electrons. The molecule has 0 spiro atoms. The number of hydrogen-bond acceptors (Lipinski definition) is 5. The molecule has 1 N–H and O–H groups in total. The van der Waals surface area contributed by atoms with Crippen molar-refractivity contribution < 1.29 is 9.72 Å². The number of carbonyl (C=O) groups excluding carboxylic acids is 1. The number of para-hydroxylation sites is 1. The van der Waals surface area contributed by atoms with E-state index in [-0.39, 0.29) is 6.42 Å². The summed E-state index contributed by atoms with van der Waals surface area (Å²) in [6.45, 7) is 0. The minimum absolute atomic E-state index is 0.222. The van der Waals surface area contributed by atoms with Gasteiger partial charge in [0.2, 0.25) is 11.9 Å². The van der Waals surface area contributed by atoms with Crippen LogP contribution in [0.4, 0.5) is 0 Å². The number of nitrogens with zero attached hydrogens (tertiary/aromatic N) is 4. The van der Waals surface area contributed by atoms with Gasteiger partial charge in [-0.1, -0.05) is 18.2 Å². The van der Waals surface area contributed by atoms with Crippen LogP contribution in [0.2, 0.25) is 0 Å². The molecule has 1 aromatic heterocycles. The summed E-state index contributed by atoms with van der Waals surface area (Å²) in [6, 6.07) is 9.61. The molecule has 0 radical (unpaired) electrons. The van der Waals surface area contributed by atoms with E-state index in [0.717, 1.165) is 5.69 Å². The van der Waals surface area contributed by atoms with Gasteiger partial charge in [-0.3, -0.25) is 14.9 Å². The van der Waals surface area contributed by atoms with E-state index in [1.54, 1.807) is 10.9 Å². The Bertz CT molecular complexity index is 780. The van der Waals surface area contributed by atoms with E-state index in [4.69, 9.17) is 0 Å². The molecule has 0 unspecified atom stereocenters. The lowest BCUT2D eigenvalue weighted by Gasteiger charge is -2.08. The van der Waals surface area contributed by atoms with E-state index in [2.05, 4.69) is 10.4 Å². The Hall–Kier alpha value is -3.21. The molecular formula is C15H13N5O3. The summed E-state index contributed by atoms with van der Waals surface area (Å²) < 4.78 is 1.60. The maximum absolute atomic E-state index is 11.9. The van der Waals surface area contributed by atoms with Crippen LogP contribution in [0.25, 0.3) is 5.69 Å². The van der Waals surface area contributed by atoms with E-state index in [9.17, 15) is 20.2 Å². The normalized spacial score (nSPS) is 20.3. The van der Waals surface area contributed by atoms with Crippen LogP contribution in [0.5, 0.6) is 0 Å². The number of amides is 1. The first-order chi connectivity index (χ1) is 11.1. The predicted molar refractivity (Wildman–Crippen MR) is 79.0 cm³/mol. The molecule has 1 aliphatic carbocycles. The van der Waals surface area contributed by atoms with Gasteiger partial charge in [0.15, 0.2) is 0 Å². The zero-order chi connectivity index (χ0) is 16.4. The van der Waals surface area contributed by atoms with Crippen molar-refractivity contribution in [3.05, 3.63) is 58.4 Å². The monoisotopic (exact) mass is 311 g/mol. The van der Waals surface area contributed by atoms with Crippen LogP contribution in [0.3, 0.4) is 0 Å². The average molecular weight is 311 g/mol. The van der Waals surface area contributed by atoms with Crippen molar-refractivity contribution in [3.8, 4) is 11.8 Å². The molecule has 3 rings (SSSR count). The van der Waals surface area contributed by atoms with Crippen molar-refractivity contribution in [2.24, 2.45) is 5.92 Å². The molecule has 0 bridgehead atoms. The standard InChI is InChI=1S/C15H13N5O3/c16-7-13(18-15(21)12-6-14(12)20(22)23)10-8-17-19(9-10)11-4-2-1-3-5-11/h1-5,8-9,12-14H,6H2,(H,18,21)/t12-,13+,14+/m1/s1. The van der Waals surface area contributed by atoms with E-state index >= 15 is 0 Å². The molecule has 1 heterocycles. The van der Waals surface area contributed by atoms with Crippen molar-refractivity contribution in [2.45, 2.75) is 18.5 Å². The first kappa shape index (κ1) is 14.7. The van der Waals surface area contributed by atoms with Gasteiger partial charge in [-0.05, 0) is 12.1 Å². The van der Waals surface area contributed by atoms with Gasteiger partial charge < -0.3 is 5.32 Å². The zero-order valence-electron chi connectivity index (χ0n) is 12.0. The fourth-order valence-corrected chi connectivity index (χ4v) is 2.34. The number of nitro groups is 1. The highest BCUT2D eigenvalue weighted by atomic mass is 16.6. The summed E-state index contributed by atoms with van der Waals surface area (Å²) in [6.07, 6.45) is 3.38. The summed E-state index contributed by atoms with van der Waals surface area (Å²) in [5.41, 5.74) is 1.36. The topological polar surface area (TPSA) is 114 Å². The molecule has 2 aromatic rings. The average Bonchev–Trinajstić information content (AvgIpc) is 3.23. The van der Waals surface area contributed by atoms with Crippen LogP contribution in [0.1, 0.15) is 18.0 Å². The number of aromatic nitrogens is 2. The molecule has 1 saturated carbocycles. The zero-order valence-corrected chi connectivity index (χ0v) is 12.0. The number of hydrogen-bond donors (Lipinski definition) is 1. The van der Waals surface area contributed by atoms with Crippen molar-refractivity contribution >= 4 is 5.91 Å². The fourth-order valence-electron chi connectivity index (χ4n) is 2.34. The Morgan fingerprint density at radius 2 is 2.22 bits per heavy atom. The fraction of sp³-hybridized carbons (Fsp3) is 0.267. The van der Waals surface area contributed by atoms with Crippen molar-refractivity contribution in [2.75, 3.05) is 0 Å². The Labute approximate surface area is 131 Å². The third kappa shape index (κ3) is 3.03. The highest BCUT2D eigenvalue weighted by molar-refractivity contribution is 5.82. The number of nitriles is 1. The lowest BCUT2D eigenvalue weighted by atomic mass is 10.2. The van der Waals surface area contributed by atoms with Crippen LogP contribution in [0, 0.1) is 27.4 Å². The Morgan fingerprint density at radius 3 is 2.83 bits per heavy atom. The quantitative estimate of drug-likeness (QED) is 0.658. The smallest absolute Gasteiger partial charge is 0.231 e. The van der Waals surface area contributed by atoms with Gasteiger partial charge in [0.1, 0.15) is 12.0 Å². The van der Waals surface area contributed by atoms with Gasteiger partial charge in [-0.2, -0.15) is 10.4 Å². The van der Waals surface area contributed by atoms with E-state index < -0.39 is 28.8 Å². The van der Waals surface area contributed by atoms with Crippen LogP contribution in [0.15, 0.2) is 42.7 Å². The summed E-state index contributed by atoms with van der Waals surface area (Å²) in [4.78, 5) is 22.1. The van der Waals surface area contributed by atoms with Crippen LogP contribution in [-0.4, -0.2) is 26.7 Å². The Kier molecular flexibility index (Phi) is 3.76. The number of carbonyl (C=O) groups is 1. The Morgan fingerprint density at radius 1 is 1.48 bits per heavy atom. The molecule has 1 fully saturated rings. The maximum atomic E-state index is 11.9. The third-order valence-corrected chi connectivity index (χ3v) is 3.74. The first-order valence-corrected chi connectivity index (χ1v) is 7.03. The predicted octanol–water partition coefficient (Wildman–Crippen LogP) is 1.22. The summed E-state index contributed by atoms with van der Waals surface area (Å²) in [7, 11) is 0. The van der Waals surface area contributed by atoms with Gasteiger partial charge >= 0.3 is 0 Å². The van der Waals surface area contributed by atoms with Crippen molar-refractivity contribution in [1.29, 1.82) is 5.26 Å². The SMILES string of the molecule is N#C[C@H](NC(=O)[C@@H]1C[C@@H]1[N+](=O)[O-])c1cnn(-c2ccccc2)c1. The summed E-state index contributed by atoms with van der Waals surface area (Å²) in [5.74, 6) is -1.12. The minimum Gasteiger partial charge on any atom is -0.336 e. The molecule has 8 nitrogen and oxygen atoms in total. The van der Waals surface area contributed by atoms with Crippen molar-refractivity contribution in [3.63, 3.8) is 0 Å². The minimum atomic E-state index is -0.882. The van der Waals surface area contributed by atoms with E-state index in [1.165, 1.54) is 6.20 Å². The Balaban J connectivity index is 1.70. The molecule has 23 heavy (non-hydrogen) atoms. The van der Waals surface area contributed by atoms with Crippen LogP contribution >= 0.6 is 0 Å². The molecular weight excluding hydrogens is 298 g/mol. The van der Waals surface area contributed by atoms with Crippen molar-refractivity contribution in [1.82, 2.24) is 15.1 Å². The van der Waals surface area contributed by atoms with Gasteiger partial charge in [-0.15, -0.1) is 0 Å². The molecule has 1 aromatic carbocycles. The second kappa shape index (κ2) is 5.88. The largest absolute Gasteiger partial charge is 0.336 e. The van der Waals surface area contributed by atoms with Gasteiger partial charge in [0.25, 0.3) is 0 Å². The molecule has 8 heteroatoms. The summed E-state index contributed by atoms with van der Waals surface area (Å²) >= 11 is 0. The van der Waals surface area contributed by atoms with Gasteiger partial charge in [0.05, 0.1) is 18.0 Å². The first-order valence-electron chi connectivity index (χ1n) is 7.03. The molecule has 3 atom stereocenters. The van der Waals surface area contributed by atoms with E-state index in [0.29, 0.717) is 5.56 Å². The van der Waals surface area contributed by atoms with Gasteiger partial charge in [-0.25, -0.2) is 4.68 Å². The number of rotatable bonds is 5. The number of benzene rings is 1. The van der Waals surface area contributed by atoms with E-state index in [1.807, 2.05) is 36.4 Å². The third-order valence-electron chi connectivity index (χ3n) is 3.74. The highest BCUT2D eigenvalue weighted by Crippen LogP contribution is 2.33. The second-order valence-corrected chi connectivity index (χ2v) is 5.32. The summed E-state index contributed by atoms with van der Waals surface area (Å²) in [5, 5.41) is 26.6. The maximum Gasteiger partial charge on any atom is 0.231 e. The lowest BCUT2D eigenvalue weighted by molar-refractivity contribution is -0.497. The number of nitrogens with one attached hydrogen (secondary N) is 1. The molecule has 0 saturated heterocycles. The molecule has 1 amide bonds. The van der Waals surface area contributed by atoms with Gasteiger partial charge in [0, 0.05) is 23.1 Å². The van der Waals surface area contributed by atoms with Crippen LogP contribution < -0.4 is 5.32 Å².